The minimum atomic E-state index is -0.316. The lowest BCUT2D eigenvalue weighted by molar-refractivity contribution is 0.0632. The zero-order valence-corrected chi connectivity index (χ0v) is 12.3. The highest BCUT2D eigenvalue weighted by Crippen LogP contribution is 2.12. The van der Waals surface area contributed by atoms with Gasteiger partial charge in [-0.2, -0.15) is 0 Å². The maximum absolute atomic E-state index is 12.2. The van der Waals surface area contributed by atoms with Crippen LogP contribution in [-0.4, -0.2) is 76.2 Å². The molecule has 0 unspecified atom stereocenters. The average molecular weight is 296 g/mol. The molecule has 21 heavy (non-hydrogen) atoms. The summed E-state index contributed by atoms with van der Waals surface area (Å²) in [6, 6.07) is 0.00900. The number of urea groups is 1. The first-order chi connectivity index (χ1) is 10.1. The molecule has 9 heteroatoms. The molecule has 1 fully saturated rings. The highest BCUT2D eigenvalue weighted by molar-refractivity contribution is 5.96. The summed E-state index contributed by atoms with van der Waals surface area (Å²) in [4.78, 5) is 29.5. The van der Waals surface area contributed by atoms with E-state index < -0.39 is 0 Å². The van der Waals surface area contributed by atoms with Gasteiger partial charge in [0.15, 0.2) is 0 Å². The normalized spacial score (nSPS) is 15.1. The number of rotatable bonds is 3. The Morgan fingerprint density at radius 3 is 2.19 bits per heavy atom. The standard InChI is InChI=1S/C12H20N6O3/c1-3-16(4-2)12(20)18-7-5-17(6-8-18)11(19)9-10(13)15-21-14-9/h3-8H2,1-2H3,(H2,13,15). The molecule has 9 nitrogen and oxygen atoms in total. The fraction of sp³-hybridized carbons (Fsp3) is 0.667. The van der Waals surface area contributed by atoms with Gasteiger partial charge in [-0.15, -0.1) is 0 Å². The van der Waals surface area contributed by atoms with Crippen LogP contribution in [0.5, 0.6) is 0 Å². The average Bonchev–Trinajstić information content (AvgIpc) is 2.94. The Hall–Kier alpha value is -2.32. The van der Waals surface area contributed by atoms with Gasteiger partial charge in [-0.05, 0) is 24.2 Å². The van der Waals surface area contributed by atoms with Crippen LogP contribution in [0.1, 0.15) is 24.3 Å². The second-order valence-corrected chi connectivity index (χ2v) is 4.73. The zero-order valence-electron chi connectivity index (χ0n) is 12.3. The van der Waals surface area contributed by atoms with Gasteiger partial charge >= 0.3 is 6.03 Å². The molecule has 0 spiro atoms. The second kappa shape index (κ2) is 6.42. The van der Waals surface area contributed by atoms with E-state index in [0.717, 1.165) is 0 Å². The van der Waals surface area contributed by atoms with E-state index in [1.54, 1.807) is 14.7 Å². The number of hydrogen-bond acceptors (Lipinski definition) is 6. The van der Waals surface area contributed by atoms with E-state index in [9.17, 15) is 9.59 Å². The largest absolute Gasteiger partial charge is 0.379 e. The van der Waals surface area contributed by atoms with Gasteiger partial charge in [0.1, 0.15) is 0 Å². The number of nitrogens with zero attached hydrogens (tertiary/aromatic N) is 5. The Morgan fingerprint density at radius 1 is 1.14 bits per heavy atom. The lowest BCUT2D eigenvalue weighted by Crippen LogP contribution is -2.54. The molecule has 1 saturated heterocycles. The van der Waals surface area contributed by atoms with Gasteiger partial charge in [0, 0.05) is 39.3 Å². The van der Waals surface area contributed by atoms with Crippen molar-refractivity contribution in [2.75, 3.05) is 45.0 Å². The Bertz CT molecular complexity index is 505. The van der Waals surface area contributed by atoms with Crippen LogP contribution in [0.3, 0.4) is 0 Å². The molecule has 0 aromatic carbocycles. The minimum absolute atomic E-state index is 0.00900. The van der Waals surface area contributed by atoms with Gasteiger partial charge in [-0.1, -0.05) is 0 Å². The molecule has 0 atom stereocenters. The molecular formula is C12H20N6O3. The summed E-state index contributed by atoms with van der Waals surface area (Å²) in [7, 11) is 0. The SMILES string of the molecule is CCN(CC)C(=O)N1CCN(C(=O)c2nonc2N)CC1. The van der Waals surface area contributed by atoms with Crippen LogP contribution in [0.2, 0.25) is 0 Å². The van der Waals surface area contributed by atoms with Crippen LogP contribution in [-0.2, 0) is 0 Å². The molecular weight excluding hydrogens is 276 g/mol. The Morgan fingerprint density at radius 2 is 1.71 bits per heavy atom. The number of aromatic nitrogens is 2. The smallest absolute Gasteiger partial charge is 0.320 e. The van der Waals surface area contributed by atoms with Crippen LogP contribution < -0.4 is 5.73 Å². The summed E-state index contributed by atoms with van der Waals surface area (Å²) in [6.07, 6.45) is 0. The molecule has 1 aromatic heterocycles. The molecule has 0 aliphatic carbocycles. The molecule has 2 rings (SSSR count). The fourth-order valence-electron chi connectivity index (χ4n) is 2.29. The van der Waals surface area contributed by atoms with E-state index in [2.05, 4.69) is 14.9 Å². The molecule has 1 aromatic rings. The predicted molar refractivity (Wildman–Crippen MR) is 74.5 cm³/mol. The van der Waals surface area contributed by atoms with E-state index in [-0.39, 0.29) is 23.5 Å². The van der Waals surface area contributed by atoms with E-state index in [0.29, 0.717) is 39.3 Å². The van der Waals surface area contributed by atoms with Crippen molar-refractivity contribution in [3.8, 4) is 0 Å². The summed E-state index contributed by atoms with van der Waals surface area (Å²) in [6.45, 7) is 7.11. The predicted octanol–water partition coefficient (Wildman–Crippen LogP) is -0.129. The lowest BCUT2D eigenvalue weighted by Gasteiger charge is -2.36. The molecule has 116 valence electrons. The van der Waals surface area contributed by atoms with Crippen molar-refractivity contribution in [2.24, 2.45) is 0 Å². The molecule has 1 aliphatic heterocycles. The molecule has 3 amide bonds. The number of nitrogen functional groups attached to an aromatic ring is 1. The van der Waals surface area contributed by atoms with Crippen LogP contribution in [0.15, 0.2) is 4.63 Å². The van der Waals surface area contributed by atoms with Gasteiger partial charge < -0.3 is 20.4 Å². The topological polar surface area (TPSA) is 109 Å². The monoisotopic (exact) mass is 296 g/mol. The van der Waals surface area contributed by atoms with E-state index in [1.165, 1.54) is 0 Å². The maximum atomic E-state index is 12.2. The number of amides is 3. The van der Waals surface area contributed by atoms with E-state index >= 15 is 0 Å². The van der Waals surface area contributed by atoms with E-state index in [1.807, 2.05) is 13.8 Å². The second-order valence-electron chi connectivity index (χ2n) is 4.73. The first-order valence-electron chi connectivity index (χ1n) is 6.99. The summed E-state index contributed by atoms with van der Waals surface area (Å²) < 4.78 is 4.43. The summed E-state index contributed by atoms with van der Waals surface area (Å²) >= 11 is 0. The summed E-state index contributed by atoms with van der Waals surface area (Å²) in [5.74, 6) is -0.328. The number of anilines is 1. The van der Waals surface area contributed by atoms with Crippen molar-refractivity contribution in [1.82, 2.24) is 25.0 Å². The fourth-order valence-corrected chi connectivity index (χ4v) is 2.29. The minimum Gasteiger partial charge on any atom is -0.379 e. The summed E-state index contributed by atoms with van der Waals surface area (Å²) in [5.41, 5.74) is 5.54. The number of piperazine rings is 1. The number of carbonyl (C=O) groups excluding carboxylic acids is 2. The van der Waals surface area contributed by atoms with Gasteiger partial charge in [0.25, 0.3) is 5.91 Å². The third-order valence-corrected chi connectivity index (χ3v) is 3.59. The highest BCUT2D eigenvalue weighted by Gasteiger charge is 2.29. The Balaban J connectivity index is 1.93. The number of nitrogens with two attached hydrogens (primary N) is 1. The van der Waals surface area contributed by atoms with Crippen molar-refractivity contribution in [3.63, 3.8) is 0 Å². The molecule has 2 heterocycles. The maximum Gasteiger partial charge on any atom is 0.320 e. The van der Waals surface area contributed by atoms with Crippen molar-refractivity contribution < 1.29 is 14.2 Å². The first-order valence-corrected chi connectivity index (χ1v) is 6.99. The Kier molecular flexibility index (Phi) is 4.61. The number of hydrogen-bond donors (Lipinski definition) is 1. The van der Waals surface area contributed by atoms with Gasteiger partial charge in [-0.25, -0.2) is 9.42 Å². The van der Waals surface area contributed by atoms with E-state index in [4.69, 9.17) is 5.73 Å². The first kappa shape index (κ1) is 15.1. The van der Waals surface area contributed by atoms with Crippen molar-refractivity contribution in [3.05, 3.63) is 5.69 Å². The highest BCUT2D eigenvalue weighted by atomic mass is 16.6. The van der Waals surface area contributed by atoms with Crippen LogP contribution in [0.25, 0.3) is 0 Å². The molecule has 0 bridgehead atoms. The molecule has 1 aliphatic rings. The third kappa shape index (κ3) is 3.06. The lowest BCUT2D eigenvalue weighted by atomic mass is 10.3. The third-order valence-electron chi connectivity index (χ3n) is 3.59. The van der Waals surface area contributed by atoms with Crippen molar-refractivity contribution in [2.45, 2.75) is 13.8 Å². The zero-order chi connectivity index (χ0) is 15.4. The van der Waals surface area contributed by atoms with Crippen LogP contribution >= 0.6 is 0 Å². The molecule has 0 radical (unpaired) electrons. The summed E-state index contributed by atoms with van der Waals surface area (Å²) in [5, 5.41) is 6.90. The number of carbonyl (C=O) groups is 2. The molecule has 2 N–H and O–H groups in total. The van der Waals surface area contributed by atoms with Gasteiger partial charge in [0.05, 0.1) is 0 Å². The Labute approximate surface area is 122 Å². The molecule has 0 saturated carbocycles. The quantitative estimate of drug-likeness (QED) is 0.832. The van der Waals surface area contributed by atoms with Crippen molar-refractivity contribution >= 4 is 17.8 Å². The van der Waals surface area contributed by atoms with Gasteiger partial charge in [0.2, 0.25) is 11.5 Å². The van der Waals surface area contributed by atoms with Crippen LogP contribution in [0.4, 0.5) is 10.6 Å². The van der Waals surface area contributed by atoms with Crippen LogP contribution in [0, 0.1) is 0 Å². The van der Waals surface area contributed by atoms with Gasteiger partial charge in [-0.3, -0.25) is 4.79 Å². The van der Waals surface area contributed by atoms with Crippen molar-refractivity contribution in [1.29, 1.82) is 0 Å².